The number of hydrogen-bond donors (Lipinski definition) is 1. The molecular formula is C14H22N4OS. The number of amides is 1. The highest BCUT2D eigenvalue weighted by molar-refractivity contribution is 7.99. The van der Waals surface area contributed by atoms with Crippen molar-refractivity contribution in [1.29, 1.82) is 0 Å². The second-order valence-electron chi connectivity index (χ2n) is 5.91. The highest BCUT2D eigenvalue weighted by Gasteiger charge is 2.39. The van der Waals surface area contributed by atoms with E-state index in [2.05, 4.69) is 22.4 Å². The van der Waals surface area contributed by atoms with Gasteiger partial charge in [-0.25, -0.2) is 0 Å². The van der Waals surface area contributed by atoms with Crippen molar-refractivity contribution >= 4 is 17.7 Å². The van der Waals surface area contributed by atoms with Crippen LogP contribution in [0.4, 0.5) is 0 Å². The predicted octanol–water partition coefficient (Wildman–Crippen LogP) is 2.00. The van der Waals surface area contributed by atoms with Gasteiger partial charge in [-0.15, -0.1) is 10.2 Å². The molecule has 5 nitrogen and oxygen atoms in total. The third-order valence-electron chi connectivity index (χ3n) is 4.63. The Labute approximate surface area is 123 Å². The zero-order chi connectivity index (χ0) is 14.1. The van der Waals surface area contributed by atoms with Gasteiger partial charge in [-0.2, -0.15) is 0 Å². The van der Waals surface area contributed by atoms with Crippen molar-refractivity contribution in [3.05, 3.63) is 5.82 Å². The smallest absolute Gasteiger partial charge is 0.230 e. The van der Waals surface area contributed by atoms with Crippen LogP contribution >= 0.6 is 11.8 Å². The zero-order valence-electron chi connectivity index (χ0n) is 12.1. The van der Waals surface area contributed by atoms with Crippen molar-refractivity contribution in [2.75, 3.05) is 5.75 Å². The minimum atomic E-state index is 0.135. The van der Waals surface area contributed by atoms with E-state index in [1.807, 2.05) is 11.5 Å². The highest BCUT2D eigenvalue weighted by Crippen LogP contribution is 2.44. The molecule has 20 heavy (non-hydrogen) atoms. The van der Waals surface area contributed by atoms with Crippen LogP contribution in [-0.2, 0) is 11.3 Å². The monoisotopic (exact) mass is 294 g/mol. The maximum Gasteiger partial charge on any atom is 0.230 e. The van der Waals surface area contributed by atoms with Gasteiger partial charge in [0.1, 0.15) is 5.82 Å². The molecule has 1 amide bonds. The Morgan fingerprint density at radius 3 is 2.90 bits per heavy atom. The van der Waals surface area contributed by atoms with Gasteiger partial charge in [0.25, 0.3) is 0 Å². The van der Waals surface area contributed by atoms with E-state index < -0.39 is 0 Å². The first kappa shape index (κ1) is 13.9. The molecule has 3 atom stereocenters. The third-order valence-corrected chi connectivity index (χ3v) is 5.60. The van der Waals surface area contributed by atoms with E-state index in [1.54, 1.807) is 0 Å². The van der Waals surface area contributed by atoms with Crippen LogP contribution in [0.3, 0.4) is 0 Å². The molecular weight excluding hydrogens is 272 g/mol. The summed E-state index contributed by atoms with van der Waals surface area (Å²) in [6.07, 6.45) is 5.17. The van der Waals surface area contributed by atoms with Crippen LogP contribution in [0, 0.1) is 18.8 Å². The molecule has 0 aromatic carbocycles. The van der Waals surface area contributed by atoms with E-state index in [0.29, 0.717) is 11.8 Å². The third kappa shape index (κ3) is 2.71. The molecule has 2 aliphatic carbocycles. The normalized spacial score (nSPS) is 28.0. The van der Waals surface area contributed by atoms with Crippen molar-refractivity contribution in [3.63, 3.8) is 0 Å². The van der Waals surface area contributed by atoms with E-state index in [1.165, 1.54) is 37.4 Å². The van der Waals surface area contributed by atoms with E-state index in [0.717, 1.165) is 29.4 Å². The molecule has 0 spiro atoms. The fourth-order valence-electron chi connectivity index (χ4n) is 3.63. The van der Waals surface area contributed by atoms with Gasteiger partial charge in [-0.1, -0.05) is 18.2 Å². The Balaban J connectivity index is 1.49. The number of nitrogens with one attached hydrogen (secondary N) is 1. The number of thioether (sulfide) groups is 1. The van der Waals surface area contributed by atoms with E-state index >= 15 is 0 Å². The van der Waals surface area contributed by atoms with Gasteiger partial charge in [-0.05, 0) is 44.9 Å². The topological polar surface area (TPSA) is 59.8 Å². The van der Waals surface area contributed by atoms with Gasteiger partial charge < -0.3 is 9.88 Å². The SMILES string of the molecule is CCn1c(C)nnc1SCC(=O)NC1CC2CCC1C2. The van der Waals surface area contributed by atoms with Gasteiger partial charge in [0.15, 0.2) is 5.16 Å². The predicted molar refractivity (Wildman–Crippen MR) is 78.5 cm³/mol. The quantitative estimate of drug-likeness (QED) is 0.844. The Kier molecular flexibility index (Phi) is 4.01. The lowest BCUT2D eigenvalue weighted by atomic mass is 9.95. The number of carbonyl (C=O) groups is 1. The molecule has 0 radical (unpaired) electrons. The zero-order valence-corrected chi connectivity index (χ0v) is 12.9. The molecule has 0 saturated heterocycles. The minimum Gasteiger partial charge on any atom is -0.352 e. The van der Waals surface area contributed by atoms with Crippen LogP contribution in [-0.4, -0.2) is 32.5 Å². The van der Waals surface area contributed by atoms with E-state index in [9.17, 15) is 4.79 Å². The van der Waals surface area contributed by atoms with Crippen LogP contribution < -0.4 is 5.32 Å². The number of rotatable bonds is 5. The van der Waals surface area contributed by atoms with Crippen LogP contribution in [0.25, 0.3) is 0 Å². The molecule has 1 N–H and O–H groups in total. The molecule has 1 heterocycles. The van der Waals surface area contributed by atoms with Crippen LogP contribution in [0.5, 0.6) is 0 Å². The summed E-state index contributed by atoms with van der Waals surface area (Å²) < 4.78 is 2.04. The van der Waals surface area contributed by atoms with Gasteiger partial charge in [-0.3, -0.25) is 4.79 Å². The number of aromatic nitrogens is 3. The first-order chi connectivity index (χ1) is 9.67. The molecule has 6 heteroatoms. The van der Waals surface area contributed by atoms with Crippen molar-refractivity contribution in [3.8, 4) is 0 Å². The van der Waals surface area contributed by atoms with Crippen LogP contribution in [0.15, 0.2) is 5.16 Å². The lowest BCUT2D eigenvalue weighted by Gasteiger charge is -2.22. The Hall–Kier alpha value is -1.04. The Bertz CT molecular complexity index is 501. The second kappa shape index (κ2) is 5.76. The summed E-state index contributed by atoms with van der Waals surface area (Å²) in [5.74, 6) is 3.07. The lowest BCUT2D eigenvalue weighted by Crippen LogP contribution is -2.39. The summed E-state index contributed by atoms with van der Waals surface area (Å²) in [7, 11) is 0. The largest absolute Gasteiger partial charge is 0.352 e. The molecule has 3 unspecified atom stereocenters. The number of carbonyl (C=O) groups excluding carboxylic acids is 1. The minimum absolute atomic E-state index is 0.135. The second-order valence-corrected chi connectivity index (χ2v) is 6.85. The van der Waals surface area contributed by atoms with Crippen molar-refractivity contribution in [2.45, 2.75) is 57.3 Å². The standard InChI is InChI=1S/C14H22N4OS/c1-3-18-9(2)16-17-14(18)20-8-13(19)15-12-7-10-4-5-11(12)6-10/h10-12H,3-8H2,1-2H3,(H,15,19). The maximum atomic E-state index is 12.1. The summed E-state index contributed by atoms with van der Waals surface area (Å²) >= 11 is 1.48. The molecule has 1 aromatic rings. The first-order valence-electron chi connectivity index (χ1n) is 7.49. The molecule has 1 aromatic heterocycles. The summed E-state index contributed by atoms with van der Waals surface area (Å²) in [5.41, 5.74) is 0. The highest BCUT2D eigenvalue weighted by atomic mass is 32.2. The maximum absolute atomic E-state index is 12.1. The van der Waals surface area contributed by atoms with Gasteiger partial charge in [0, 0.05) is 12.6 Å². The van der Waals surface area contributed by atoms with Gasteiger partial charge in [0.2, 0.25) is 5.91 Å². The molecule has 3 rings (SSSR count). The number of nitrogens with zero attached hydrogens (tertiary/aromatic N) is 3. The summed E-state index contributed by atoms with van der Waals surface area (Å²) in [5, 5.41) is 12.2. The summed E-state index contributed by atoms with van der Waals surface area (Å²) in [4.78, 5) is 12.1. The fourth-order valence-corrected chi connectivity index (χ4v) is 4.49. The summed E-state index contributed by atoms with van der Waals surface area (Å²) in [6, 6.07) is 0.424. The summed E-state index contributed by atoms with van der Waals surface area (Å²) in [6.45, 7) is 4.85. The number of hydrogen-bond acceptors (Lipinski definition) is 4. The number of aryl methyl sites for hydroxylation is 1. The van der Waals surface area contributed by atoms with Crippen molar-refractivity contribution < 1.29 is 4.79 Å². The Morgan fingerprint density at radius 2 is 2.25 bits per heavy atom. The van der Waals surface area contributed by atoms with Gasteiger partial charge >= 0.3 is 0 Å². The lowest BCUT2D eigenvalue weighted by molar-refractivity contribution is -0.119. The fraction of sp³-hybridized carbons (Fsp3) is 0.786. The molecule has 2 bridgehead atoms. The average molecular weight is 294 g/mol. The van der Waals surface area contributed by atoms with Crippen LogP contribution in [0.2, 0.25) is 0 Å². The van der Waals surface area contributed by atoms with Crippen molar-refractivity contribution in [2.24, 2.45) is 11.8 Å². The van der Waals surface area contributed by atoms with Crippen LogP contribution in [0.1, 0.15) is 38.4 Å². The van der Waals surface area contributed by atoms with Crippen molar-refractivity contribution in [1.82, 2.24) is 20.1 Å². The molecule has 2 saturated carbocycles. The molecule has 0 aliphatic heterocycles. The van der Waals surface area contributed by atoms with Gasteiger partial charge in [0.05, 0.1) is 5.75 Å². The van der Waals surface area contributed by atoms with E-state index in [4.69, 9.17) is 0 Å². The number of fused-ring (bicyclic) bond motifs is 2. The molecule has 2 aliphatic rings. The average Bonchev–Trinajstić information content (AvgIpc) is 3.11. The Morgan fingerprint density at radius 1 is 1.40 bits per heavy atom. The molecule has 2 fully saturated rings. The first-order valence-corrected chi connectivity index (χ1v) is 8.48. The molecule has 110 valence electrons. The van der Waals surface area contributed by atoms with E-state index in [-0.39, 0.29) is 5.91 Å².